The van der Waals surface area contributed by atoms with E-state index in [1.165, 1.54) is 0 Å². The number of carbonyl (C=O) groups is 1. The molecule has 1 aromatic heterocycles. The van der Waals surface area contributed by atoms with E-state index < -0.39 is 0 Å². The summed E-state index contributed by atoms with van der Waals surface area (Å²) in [6.45, 7) is 0.623. The molecule has 0 aliphatic heterocycles. The molecule has 0 bridgehead atoms. The largest absolute Gasteiger partial charge is 0.348 e. The van der Waals surface area contributed by atoms with E-state index in [9.17, 15) is 4.79 Å². The van der Waals surface area contributed by atoms with Gasteiger partial charge in [0.05, 0.1) is 5.52 Å². The molecule has 4 N–H and O–H groups in total. The third kappa shape index (κ3) is 2.45. The van der Waals surface area contributed by atoms with Crippen molar-refractivity contribution < 1.29 is 4.79 Å². The Morgan fingerprint density at radius 1 is 1.50 bits per heavy atom. The van der Waals surface area contributed by atoms with Gasteiger partial charge in [-0.15, -0.1) is 0 Å². The summed E-state index contributed by atoms with van der Waals surface area (Å²) in [7, 11) is 0. The molecule has 1 aliphatic carbocycles. The number of nitrogens with zero attached hydrogens (tertiary/aromatic N) is 1. The highest BCUT2D eigenvalue weighted by Gasteiger charge is 2.28. The van der Waals surface area contributed by atoms with Gasteiger partial charge in [0.15, 0.2) is 5.69 Å². The molecular formula is C14H17BrN4O. The fourth-order valence-electron chi connectivity index (χ4n) is 2.91. The monoisotopic (exact) mass is 336 g/mol. The van der Waals surface area contributed by atoms with Crippen LogP contribution in [0, 0.1) is 5.92 Å². The average Bonchev–Trinajstić information content (AvgIpc) is 3.04. The molecule has 6 heteroatoms. The van der Waals surface area contributed by atoms with Crippen molar-refractivity contribution in [1.82, 2.24) is 15.5 Å². The third-order valence-electron chi connectivity index (χ3n) is 4.02. The number of nitrogens with two attached hydrogens (primary N) is 1. The van der Waals surface area contributed by atoms with Gasteiger partial charge >= 0.3 is 0 Å². The molecule has 20 heavy (non-hydrogen) atoms. The molecule has 1 amide bonds. The summed E-state index contributed by atoms with van der Waals surface area (Å²) in [5.74, 6) is 0.260. The zero-order valence-electron chi connectivity index (χ0n) is 11.0. The molecule has 1 fully saturated rings. The van der Waals surface area contributed by atoms with Crippen LogP contribution >= 0.6 is 15.9 Å². The first-order chi connectivity index (χ1) is 9.69. The van der Waals surface area contributed by atoms with Crippen molar-refractivity contribution in [3.63, 3.8) is 0 Å². The summed E-state index contributed by atoms with van der Waals surface area (Å²) in [4.78, 5) is 12.4. The van der Waals surface area contributed by atoms with Crippen molar-refractivity contribution in [2.75, 3.05) is 6.54 Å². The van der Waals surface area contributed by atoms with Gasteiger partial charge in [0.2, 0.25) is 0 Å². The molecule has 0 saturated heterocycles. The first kappa shape index (κ1) is 13.6. The number of hydrogen-bond acceptors (Lipinski definition) is 3. The summed E-state index contributed by atoms with van der Waals surface area (Å²) >= 11 is 3.42. The molecule has 1 aliphatic rings. The molecule has 106 valence electrons. The fraction of sp³-hybridized carbons (Fsp3) is 0.429. The second-order valence-electron chi connectivity index (χ2n) is 5.27. The topological polar surface area (TPSA) is 83.8 Å². The zero-order chi connectivity index (χ0) is 14.1. The Labute approximate surface area is 125 Å². The Kier molecular flexibility index (Phi) is 3.76. The minimum atomic E-state index is -0.125. The highest BCUT2D eigenvalue weighted by molar-refractivity contribution is 9.10. The summed E-state index contributed by atoms with van der Waals surface area (Å²) in [6.07, 6.45) is 3.22. The third-order valence-corrected chi connectivity index (χ3v) is 4.51. The number of halogens is 1. The number of hydrogen-bond donors (Lipinski definition) is 3. The van der Waals surface area contributed by atoms with Gasteiger partial charge in [0.25, 0.3) is 5.91 Å². The standard InChI is InChI=1S/C14H17BrN4O/c15-9-4-5-12-10(6-9)13(19-18-12)14(20)17-11-3-1-2-8(11)7-16/h4-6,8,11H,1-3,7,16H2,(H,17,20)(H,18,19). The lowest BCUT2D eigenvalue weighted by Gasteiger charge is -2.18. The number of amides is 1. The molecule has 0 spiro atoms. The van der Waals surface area contributed by atoms with Gasteiger partial charge in [-0.25, -0.2) is 0 Å². The minimum Gasteiger partial charge on any atom is -0.348 e. The number of carbonyl (C=O) groups excluding carboxylic acids is 1. The number of nitrogens with one attached hydrogen (secondary N) is 2. The van der Waals surface area contributed by atoms with E-state index in [1.807, 2.05) is 18.2 Å². The summed E-state index contributed by atoms with van der Waals surface area (Å²) < 4.78 is 0.932. The van der Waals surface area contributed by atoms with Crippen molar-refractivity contribution in [3.8, 4) is 0 Å². The van der Waals surface area contributed by atoms with Crippen LogP contribution in [0.1, 0.15) is 29.8 Å². The maximum atomic E-state index is 12.4. The molecule has 5 nitrogen and oxygen atoms in total. The Morgan fingerprint density at radius 2 is 2.35 bits per heavy atom. The first-order valence-corrected chi connectivity index (χ1v) is 7.63. The van der Waals surface area contributed by atoms with E-state index in [2.05, 4.69) is 31.4 Å². The lowest BCUT2D eigenvalue weighted by Crippen LogP contribution is -2.40. The van der Waals surface area contributed by atoms with Crippen molar-refractivity contribution in [2.24, 2.45) is 11.7 Å². The Balaban J connectivity index is 1.84. The van der Waals surface area contributed by atoms with E-state index in [4.69, 9.17) is 5.73 Å². The number of aromatic amines is 1. The summed E-state index contributed by atoms with van der Waals surface area (Å²) in [6, 6.07) is 5.90. The molecule has 1 saturated carbocycles. The molecule has 1 heterocycles. The zero-order valence-corrected chi connectivity index (χ0v) is 12.6. The molecule has 1 aromatic carbocycles. The lowest BCUT2D eigenvalue weighted by molar-refractivity contribution is 0.0925. The Morgan fingerprint density at radius 3 is 3.15 bits per heavy atom. The van der Waals surface area contributed by atoms with Gasteiger partial charge in [-0.3, -0.25) is 9.89 Å². The van der Waals surface area contributed by atoms with Crippen LogP contribution in [0.5, 0.6) is 0 Å². The number of rotatable bonds is 3. The van der Waals surface area contributed by atoms with E-state index in [0.29, 0.717) is 18.2 Å². The number of benzene rings is 1. The van der Waals surface area contributed by atoms with Crippen molar-refractivity contribution in [2.45, 2.75) is 25.3 Å². The predicted octanol–water partition coefficient (Wildman–Crippen LogP) is 2.18. The van der Waals surface area contributed by atoms with Crippen molar-refractivity contribution in [3.05, 3.63) is 28.4 Å². The smallest absolute Gasteiger partial charge is 0.272 e. The average molecular weight is 337 g/mol. The van der Waals surface area contributed by atoms with E-state index in [1.54, 1.807) is 0 Å². The molecule has 2 aromatic rings. The van der Waals surface area contributed by atoms with E-state index in [-0.39, 0.29) is 11.9 Å². The molecular weight excluding hydrogens is 320 g/mol. The molecule has 2 atom stereocenters. The molecule has 3 rings (SSSR count). The molecule has 0 radical (unpaired) electrons. The first-order valence-electron chi connectivity index (χ1n) is 6.83. The van der Waals surface area contributed by atoms with Crippen LogP contribution < -0.4 is 11.1 Å². The van der Waals surface area contributed by atoms with Gasteiger partial charge < -0.3 is 11.1 Å². The highest BCUT2D eigenvalue weighted by Crippen LogP contribution is 2.26. The number of aromatic nitrogens is 2. The second kappa shape index (κ2) is 5.54. The van der Waals surface area contributed by atoms with Gasteiger partial charge in [-0.05, 0) is 43.5 Å². The quantitative estimate of drug-likeness (QED) is 0.803. The van der Waals surface area contributed by atoms with E-state index in [0.717, 1.165) is 34.6 Å². The van der Waals surface area contributed by atoms with Crippen molar-refractivity contribution in [1.29, 1.82) is 0 Å². The predicted molar refractivity (Wildman–Crippen MR) is 81.4 cm³/mol. The van der Waals surface area contributed by atoms with Crippen LogP contribution in [0.2, 0.25) is 0 Å². The Hall–Kier alpha value is -1.40. The van der Waals surface area contributed by atoms with Crippen LogP contribution in [0.4, 0.5) is 0 Å². The van der Waals surface area contributed by atoms with Gasteiger partial charge in [-0.1, -0.05) is 22.4 Å². The van der Waals surface area contributed by atoms with Crippen molar-refractivity contribution >= 4 is 32.7 Å². The van der Waals surface area contributed by atoms with Gasteiger partial charge in [0.1, 0.15) is 0 Å². The van der Waals surface area contributed by atoms with Crippen LogP contribution in [0.3, 0.4) is 0 Å². The lowest BCUT2D eigenvalue weighted by atomic mass is 10.0. The summed E-state index contributed by atoms with van der Waals surface area (Å²) in [5.41, 5.74) is 7.06. The maximum absolute atomic E-state index is 12.4. The second-order valence-corrected chi connectivity index (χ2v) is 6.18. The van der Waals surface area contributed by atoms with Crippen LogP contribution in [-0.4, -0.2) is 28.7 Å². The minimum absolute atomic E-state index is 0.125. The maximum Gasteiger partial charge on any atom is 0.272 e. The normalized spacial score (nSPS) is 22.3. The van der Waals surface area contributed by atoms with E-state index >= 15 is 0 Å². The summed E-state index contributed by atoms with van der Waals surface area (Å²) in [5, 5.41) is 10.9. The fourth-order valence-corrected chi connectivity index (χ4v) is 3.27. The number of H-pyrrole nitrogens is 1. The van der Waals surface area contributed by atoms with Gasteiger partial charge in [0, 0.05) is 15.9 Å². The Bertz CT molecular complexity index is 639. The van der Waals surface area contributed by atoms with Crippen LogP contribution in [-0.2, 0) is 0 Å². The molecule has 2 unspecified atom stereocenters. The number of fused-ring (bicyclic) bond motifs is 1. The SMILES string of the molecule is NCC1CCCC1NC(=O)c1n[nH]c2ccc(Br)cc12. The highest BCUT2D eigenvalue weighted by atomic mass is 79.9. The van der Waals surface area contributed by atoms with Gasteiger partial charge in [-0.2, -0.15) is 5.10 Å². The van der Waals surface area contributed by atoms with Crippen LogP contribution in [0.25, 0.3) is 10.9 Å². The van der Waals surface area contributed by atoms with Crippen LogP contribution in [0.15, 0.2) is 22.7 Å².